The summed E-state index contributed by atoms with van der Waals surface area (Å²) in [7, 11) is -1.26. The van der Waals surface area contributed by atoms with Crippen LogP contribution in [0.2, 0.25) is 0 Å². The summed E-state index contributed by atoms with van der Waals surface area (Å²) in [5.74, 6) is 0.0185. The number of amides is 1. The molecule has 0 bridgehead atoms. The van der Waals surface area contributed by atoms with Crippen LogP contribution in [0.1, 0.15) is 84.5 Å². The van der Waals surface area contributed by atoms with Gasteiger partial charge in [0.1, 0.15) is 8.30 Å². The van der Waals surface area contributed by atoms with Crippen LogP contribution in [-0.4, -0.2) is 17.0 Å². The highest BCUT2D eigenvalue weighted by Crippen LogP contribution is 2.24. The molecule has 0 spiro atoms. The summed E-state index contributed by atoms with van der Waals surface area (Å²) in [4.78, 5) is 21.0. The van der Waals surface area contributed by atoms with Crippen LogP contribution in [0.25, 0.3) is 0 Å². The normalized spacial score (nSPS) is 12.4. The third-order valence-electron chi connectivity index (χ3n) is 3.20. The van der Waals surface area contributed by atoms with Crippen LogP contribution in [0.15, 0.2) is 0 Å². The van der Waals surface area contributed by atoms with E-state index in [2.05, 4.69) is 12.0 Å². The summed E-state index contributed by atoms with van der Waals surface area (Å²) in [5, 5.41) is 2.69. The maximum Gasteiger partial charge on any atom is 0.224 e. The number of carbonyl (C=O) groups is 1. The van der Waals surface area contributed by atoms with E-state index < -0.39 is 8.30 Å². The monoisotopic (exact) mass is 289 g/mol. The highest BCUT2D eigenvalue weighted by molar-refractivity contribution is 7.50. The first-order valence-electron chi connectivity index (χ1n) is 7.96. The Kier molecular flexibility index (Phi) is 14.2. The lowest BCUT2D eigenvalue weighted by molar-refractivity contribution is -0.119. The van der Waals surface area contributed by atoms with Crippen LogP contribution in [0.4, 0.5) is 0 Å². The first-order chi connectivity index (χ1) is 9.20. The molecule has 1 atom stereocenters. The zero-order valence-corrected chi connectivity index (χ0v) is 13.7. The minimum absolute atomic E-state index is 0.0185. The summed E-state index contributed by atoms with van der Waals surface area (Å²) in [6.07, 6.45) is 13.6. The molecule has 0 saturated carbocycles. The van der Waals surface area contributed by atoms with Crippen LogP contribution >= 0.6 is 8.30 Å². The van der Waals surface area contributed by atoms with Crippen LogP contribution < -0.4 is 5.09 Å². The van der Waals surface area contributed by atoms with Crippen molar-refractivity contribution < 1.29 is 9.69 Å². The number of carbonyl (C=O) groups excluding carboxylic acids is 1. The van der Waals surface area contributed by atoms with Crippen LogP contribution in [0, 0.1) is 0 Å². The van der Waals surface area contributed by atoms with Crippen molar-refractivity contribution in [3.63, 3.8) is 0 Å². The highest BCUT2D eigenvalue weighted by Gasteiger charge is 2.07. The van der Waals surface area contributed by atoms with Crippen molar-refractivity contribution in [1.82, 2.24) is 5.09 Å². The Hall–Kier alpha value is -0.140. The molecule has 4 heteroatoms. The number of unbranched alkanes of at least 4 members (excludes halogenated alkanes) is 8. The largest absolute Gasteiger partial charge is 0.355 e. The molecule has 0 aromatic rings. The van der Waals surface area contributed by atoms with Gasteiger partial charge in [0.25, 0.3) is 0 Å². The molecule has 19 heavy (non-hydrogen) atoms. The van der Waals surface area contributed by atoms with Crippen molar-refractivity contribution in [2.45, 2.75) is 84.5 Å². The maximum absolute atomic E-state index is 11.5. The lowest BCUT2D eigenvalue weighted by Gasteiger charge is -2.10. The van der Waals surface area contributed by atoms with Crippen molar-refractivity contribution in [2.75, 3.05) is 6.16 Å². The minimum atomic E-state index is -1.26. The van der Waals surface area contributed by atoms with Crippen molar-refractivity contribution in [3.8, 4) is 0 Å². The zero-order valence-electron chi connectivity index (χ0n) is 12.8. The molecule has 1 amide bonds. The van der Waals surface area contributed by atoms with Gasteiger partial charge in [-0.2, -0.15) is 0 Å². The van der Waals surface area contributed by atoms with Gasteiger partial charge in [0.05, 0.1) is 0 Å². The Morgan fingerprint density at radius 3 is 1.95 bits per heavy atom. The fourth-order valence-corrected chi connectivity index (χ4v) is 3.00. The van der Waals surface area contributed by atoms with E-state index in [1.807, 2.05) is 6.92 Å². The molecule has 0 aromatic carbocycles. The van der Waals surface area contributed by atoms with Gasteiger partial charge in [0.15, 0.2) is 0 Å². The van der Waals surface area contributed by atoms with Crippen LogP contribution in [-0.2, 0) is 4.79 Å². The molecule has 0 rings (SSSR count). The lowest BCUT2D eigenvalue weighted by atomic mass is 10.1. The Morgan fingerprint density at radius 2 is 1.42 bits per heavy atom. The predicted molar refractivity (Wildman–Crippen MR) is 84.3 cm³/mol. The van der Waals surface area contributed by atoms with E-state index in [1.165, 1.54) is 44.9 Å². The quantitative estimate of drug-likeness (QED) is 0.380. The van der Waals surface area contributed by atoms with E-state index in [4.69, 9.17) is 0 Å². The second kappa shape index (κ2) is 14.3. The lowest BCUT2D eigenvalue weighted by Crippen LogP contribution is -2.18. The minimum Gasteiger partial charge on any atom is -0.355 e. The Labute approximate surface area is 120 Å². The Morgan fingerprint density at radius 1 is 0.895 bits per heavy atom. The third-order valence-corrected chi connectivity index (χ3v) is 4.57. The number of hydrogen-bond acceptors (Lipinski definition) is 2. The molecule has 0 aliphatic carbocycles. The number of hydrogen-bond donors (Lipinski definition) is 2. The standard InChI is InChI=1S/C15H32NO2P/c1-3-5-6-7-8-9-10-11-12-13-15(17)16-19(18)14-4-2/h18H,3-14H2,1-2H3,(H,16,17). The molecule has 0 radical (unpaired) electrons. The zero-order chi connectivity index (χ0) is 14.3. The topological polar surface area (TPSA) is 49.3 Å². The van der Waals surface area contributed by atoms with E-state index in [-0.39, 0.29) is 5.91 Å². The average Bonchev–Trinajstić information content (AvgIpc) is 2.37. The van der Waals surface area contributed by atoms with Gasteiger partial charge in [-0.05, 0) is 12.8 Å². The van der Waals surface area contributed by atoms with Crippen molar-refractivity contribution in [1.29, 1.82) is 0 Å². The van der Waals surface area contributed by atoms with Gasteiger partial charge < -0.3 is 9.98 Å². The average molecular weight is 289 g/mol. The smallest absolute Gasteiger partial charge is 0.224 e. The summed E-state index contributed by atoms with van der Waals surface area (Å²) < 4.78 is 0. The molecule has 0 heterocycles. The van der Waals surface area contributed by atoms with Gasteiger partial charge in [-0.25, -0.2) is 0 Å². The van der Waals surface area contributed by atoms with Crippen molar-refractivity contribution in [3.05, 3.63) is 0 Å². The summed E-state index contributed by atoms with van der Waals surface area (Å²) in [5.41, 5.74) is 0. The summed E-state index contributed by atoms with van der Waals surface area (Å²) >= 11 is 0. The highest BCUT2D eigenvalue weighted by atomic mass is 31.2. The van der Waals surface area contributed by atoms with Gasteiger partial charge in [-0.15, -0.1) is 0 Å². The van der Waals surface area contributed by atoms with Gasteiger partial charge in [0, 0.05) is 12.6 Å². The molecule has 3 nitrogen and oxygen atoms in total. The Balaban J connectivity index is 3.23. The van der Waals surface area contributed by atoms with E-state index in [0.717, 1.165) is 19.3 Å². The molecule has 0 aliphatic rings. The third kappa shape index (κ3) is 14.1. The molecule has 0 fully saturated rings. The second-order valence-electron chi connectivity index (χ2n) is 5.24. The van der Waals surface area contributed by atoms with Gasteiger partial charge in [-0.3, -0.25) is 4.79 Å². The van der Waals surface area contributed by atoms with E-state index in [0.29, 0.717) is 12.6 Å². The number of rotatable bonds is 13. The van der Waals surface area contributed by atoms with Crippen LogP contribution in [0.5, 0.6) is 0 Å². The molecule has 114 valence electrons. The summed E-state index contributed by atoms with van der Waals surface area (Å²) in [6, 6.07) is 0. The van der Waals surface area contributed by atoms with Crippen molar-refractivity contribution in [2.24, 2.45) is 0 Å². The molecule has 0 aliphatic heterocycles. The summed E-state index contributed by atoms with van der Waals surface area (Å²) in [6.45, 7) is 4.25. The Bertz CT molecular complexity index is 212. The van der Waals surface area contributed by atoms with E-state index >= 15 is 0 Å². The molecule has 0 aromatic heterocycles. The number of nitrogens with one attached hydrogen (secondary N) is 1. The van der Waals surface area contributed by atoms with Gasteiger partial charge in [-0.1, -0.05) is 65.2 Å². The second-order valence-corrected chi connectivity index (χ2v) is 6.71. The molecular weight excluding hydrogens is 257 g/mol. The molecule has 2 N–H and O–H groups in total. The first-order valence-corrected chi connectivity index (χ1v) is 9.44. The first kappa shape index (κ1) is 18.9. The van der Waals surface area contributed by atoms with Gasteiger partial charge in [0.2, 0.25) is 5.91 Å². The fraction of sp³-hybridized carbons (Fsp3) is 0.933. The van der Waals surface area contributed by atoms with Crippen LogP contribution in [0.3, 0.4) is 0 Å². The SMILES string of the molecule is CCCCCCCCCCCC(=O)NP(O)CCC. The molecular formula is C15H32NO2P. The van der Waals surface area contributed by atoms with Crippen molar-refractivity contribution >= 4 is 14.2 Å². The van der Waals surface area contributed by atoms with Gasteiger partial charge >= 0.3 is 0 Å². The molecule has 1 unspecified atom stereocenters. The molecule has 0 saturated heterocycles. The van der Waals surface area contributed by atoms with E-state index in [9.17, 15) is 9.69 Å². The maximum atomic E-state index is 11.5. The predicted octanol–water partition coefficient (Wildman–Crippen LogP) is 4.74. The van der Waals surface area contributed by atoms with E-state index in [1.54, 1.807) is 0 Å². The fourth-order valence-electron chi connectivity index (χ4n) is 2.06.